The minimum absolute atomic E-state index is 0.0795. The number of halogens is 1. The van der Waals surface area contributed by atoms with Gasteiger partial charge in [0.15, 0.2) is 0 Å². The second kappa shape index (κ2) is 8.31. The maximum atomic E-state index is 13.0. The van der Waals surface area contributed by atoms with Gasteiger partial charge in [-0.1, -0.05) is 29.8 Å². The van der Waals surface area contributed by atoms with E-state index in [2.05, 4.69) is 5.32 Å². The summed E-state index contributed by atoms with van der Waals surface area (Å²) < 4.78 is 6.61. The van der Waals surface area contributed by atoms with Crippen molar-refractivity contribution < 1.29 is 9.53 Å². The molecule has 0 saturated heterocycles. The number of aromatic nitrogens is 1. The van der Waals surface area contributed by atoms with Gasteiger partial charge in [0.25, 0.3) is 11.5 Å². The zero-order valence-electron chi connectivity index (χ0n) is 16.0. The van der Waals surface area contributed by atoms with Crippen molar-refractivity contribution in [2.24, 2.45) is 0 Å². The third-order valence-electron chi connectivity index (χ3n) is 4.55. The highest BCUT2D eigenvalue weighted by Crippen LogP contribution is 2.19. The van der Waals surface area contributed by atoms with E-state index in [1.807, 2.05) is 50.2 Å². The molecule has 3 rings (SSSR count). The molecule has 0 saturated carbocycles. The lowest BCUT2D eigenvalue weighted by molar-refractivity contribution is 0.0949. The first kappa shape index (κ1) is 19.7. The van der Waals surface area contributed by atoms with Gasteiger partial charge >= 0.3 is 0 Å². The van der Waals surface area contributed by atoms with Gasteiger partial charge in [-0.3, -0.25) is 14.2 Å². The lowest BCUT2D eigenvalue weighted by Gasteiger charge is -2.13. The number of nitrogens with zero attached hydrogens (tertiary/aromatic N) is 1. The molecule has 144 valence electrons. The summed E-state index contributed by atoms with van der Waals surface area (Å²) >= 11 is 6.21. The molecule has 0 aliphatic carbocycles. The Morgan fingerprint density at radius 3 is 2.43 bits per heavy atom. The zero-order chi connectivity index (χ0) is 20.3. The van der Waals surface area contributed by atoms with Gasteiger partial charge in [-0.2, -0.15) is 0 Å². The summed E-state index contributed by atoms with van der Waals surface area (Å²) in [6.07, 6.45) is 0. The van der Waals surface area contributed by atoms with Gasteiger partial charge in [-0.25, -0.2) is 0 Å². The summed E-state index contributed by atoms with van der Waals surface area (Å²) in [5.74, 6) is 0.320. The smallest absolute Gasteiger partial charge is 0.268 e. The van der Waals surface area contributed by atoms with E-state index in [4.69, 9.17) is 16.3 Å². The Morgan fingerprint density at radius 1 is 1.07 bits per heavy atom. The van der Waals surface area contributed by atoms with E-state index in [1.54, 1.807) is 25.3 Å². The van der Waals surface area contributed by atoms with E-state index in [0.717, 1.165) is 22.6 Å². The molecule has 1 aromatic heterocycles. The van der Waals surface area contributed by atoms with Crippen LogP contribution < -0.4 is 15.6 Å². The molecular weight excluding hydrogens is 376 g/mol. The molecule has 1 N–H and O–H groups in total. The number of hydrogen-bond donors (Lipinski definition) is 1. The number of carbonyl (C=O) groups is 1. The van der Waals surface area contributed by atoms with Gasteiger partial charge in [0.2, 0.25) is 0 Å². The fraction of sp³-hybridized carbons (Fsp3) is 0.182. The molecule has 3 aromatic rings. The Balaban J connectivity index is 1.86. The van der Waals surface area contributed by atoms with Crippen LogP contribution in [0.2, 0.25) is 5.02 Å². The number of aryl methyl sites for hydroxylation is 2. The molecule has 2 aromatic carbocycles. The Labute approximate surface area is 168 Å². The SMILES string of the molecule is COc1ccc(CNC(=O)c2ccc(C)n(-c3ccc(C)c(Cl)c3)c2=O)cc1. The molecule has 0 aliphatic heterocycles. The number of hydrogen-bond acceptors (Lipinski definition) is 3. The van der Waals surface area contributed by atoms with Crippen LogP contribution in [0.15, 0.2) is 59.4 Å². The number of pyridine rings is 1. The lowest BCUT2D eigenvalue weighted by Crippen LogP contribution is -2.33. The van der Waals surface area contributed by atoms with Crippen molar-refractivity contribution in [3.63, 3.8) is 0 Å². The molecule has 0 unspecified atom stereocenters. The van der Waals surface area contributed by atoms with Gasteiger partial charge in [-0.15, -0.1) is 0 Å². The van der Waals surface area contributed by atoms with Gasteiger partial charge in [0.1, 0.15) is 11.3 Å². The fourth-order valence-corrected chi connectivity index (χ4v) is 3.04. The molecule has 0 radical (unpaired) electrons. The summed E-state index contributed by atoms with van der Waals surface area (Å²) in [4.78, 5) is 25.6. The molecule has 6 heteroatoms. The van der Waals surface area contributed by atoms with E-state index in [9.17, 15) is 9.59 Å². The Morgan fingerprint density at radius 2 is 1.79 bits per heavy atom. The van der Waals surface area contributed by atoms with Gasteiger partial charge < -0.3 is 10.1 Å². The van der Waals surface area contributed by atoms with Crippen LogP contribution in [0.1, 0.15) is 27.2 Å². The molecule has 0 aliphatic rings. The number of nitrogens with one attached hydrogen (secondary N) is 1. The van der Waals surface area contributed by atoms with Crippen molar-refractivity contribution >= 4 is 17.5 Å². The monoisotopic (exact) mass is 396 g/mol. The Hall–Kier alpha value is -3.05. The van der Waals surface area contributed by atoms with E-state index in [-0.39, 0.29) is 11.1 Å². The molecule has 0 spiro atoms. The molecular formula is C22H21ClN2O3. The van der Waals surface area contributed by atoms with Crippen LogP contribution in [-0.2, 0) is 6.54 Å². The topological polar surface area (TPSA) is 60.3 Å². The second-order valence-electron chi connectivity index (χ2n) is 6.49. The average molecular weight is 397 g/mol. The highest BCUT2D eigenvalue weighted by atomic mass is 35.5. The molecule has 0 fully saturated rings. The number of carbonyl (C=O) groups excluding carboxylic acids is 1. The van der Waals surface area contributed by atoms with Gasteiger partial charge in [-0.05, 0) is 61.4 Å². The van der Waals surface area contributed by atoms with Gasteiger partial charge in [0, 0.05) is 17.3 Å². The summed E-state index contributed by atoms with van der Waals surface area (Å²) in [5, 5.41) is 3.36. The molecule has 1 amide bonds. The normalized spacial score (nSPS) is 10.6. The van der Waals surface area contributed by atoms with Crippen molar-refractivity contribution in [2.75, 3.05) is 7.11 Å². The number of benzene rings is 2. The number of amides is 1. The summed E-state index contributed by atoms with van der Waals surface area (Å²) in [7, 11) is 1.60. The van der Waals surface area contributed by atoms with E-state index in [0.29, 0.717) is 17.3 Å². The second-order valence-corrected chi connectivity index (χ2v) is 6.90. The molecule has 0 atom stereocenters. The van der Waals surface area contributed by atoms with E-state index >= 15 is 0 Å². The van der Waals surface area contributed by atoms with Crippen LogP contribution in [0.4, 0.5) is 0 Å². The third-order valence-corrected chi connectivity index (χ3v) is 4.95. The van der Waals surface area contributed by atoms with E-state index < -0.39 is 5.91 Å². The molecule has 5 nitrogen and oxygen atoms in total. The maximum Gasteiger partial charge on any atom is 0.268 e. The first-order valence-electron chi connectivity index (χ1n) is 8.81. The van der Waals surface area contributed by atoms with Crippen molar-refractivity contribution in [3.05, 3.63) is 92.4 Å². The van der Waals surface area contributed by atoms with E-state index in [1.165, 1.54) is 4.57 Å². The van der Waals surface area contributed by atoms with Crippen LogP contribution in [0.3, 0.4) is 0 Å². The summed E-state index contributed by atoms with van der Waals surface area (Å²) in [6.45, 7) is 4.02. The van der Waals surface area contributed by atoms with Crippen LogP contribution >= 0.6 is 11.6 Å². The predicted molar refractivity (Wildman–Crippen MR) is 111 cm³/mol. The van der Waals surface area contributed by atoms with Crippen molar-refractivity contribution in [2.45, 2.75) is 20.4 Å². The zero-order valence-corrected chi connectivity index (χ0v) is 16.7. The third kappa shape index (κ3) is 4.10. The van der Waals surface area contributed by atoms with Crippen LogP contribution in [0.5, 0.6) is 5.75 Å². The quantitative estimate of drug-likeness (QED) is 0.707. The molecule has 0 bridgehead atoms. The van der Waals surface area contributed by atoms with Crippen molar-refractivity contribution in [1.82, 2.24) is 9.88 Å². The fourth-order valence-electron chi connectivity index (χ4n) is 2.87. The first-order valence-corrected chi connectivity index (χ1v) is 9.19. The van der Waals surface area contributed by atoms with Crippen LogP contribution in [0.25, 0.3) is 5.69 Å². The van der Waals surface area contributed by atoms with Crippen molar-refractivity contribution in [1.29, 1.82) is 0 Å². The minimum atomic E-state index is -0.423. The lowest BCUT2D eigenvalue weighted by atomic mass is 10.1. The average Bonchev–Trinajstić information content (AvgIpc) is 2.69. The maximum absolute atomic E-state index is 13.0. The molecule has 28 heavy (non-hydrogen) atoms. The number of ether oxygens (including phenoxy) is 1. The largest absolute Gasteiger partial charge is 0.497 e. The minimum Gasteiger partial charge on any atom is -0.497 e. The van der Waals surface area contributed by atoms with Crippen LogP contribution in [-0.4, -0.2) is 17.6 Å². The number of methoxy groups -OCH3 is 1. The Bertz CT molecular complexity index is 1070. The summed E-state index contributed by atoms with van der Waals surface area (Å²) in [6, 6.07) is 16.0. The predicted octanol–water partition coefficient (Wildman–Crippen LogP) is 4.05. The first-order chi connectivity index (χ1) is 13.4. The highest BCUT2D eigenvalue weighted by molar-refractivity contribution is 6.31. The Kier molecular flexibility index (Phi) is 5.85. The molecule has 1 heterocycles. The standard InChI is InChI=1S/C22H21ClN2O3/c1-14-4-8-17(12-20(14)23)25-15(2)5-11-19(22(25)27)21(26)24-13-16-6-9-18(28-3)10-7-16/h4-12H,13H2,1-3H3,(H,24,26). The number of rotatable bonds is 5. The highest BCUT2D eigenvalue weighted by Gasteiger charge is 2.15. The van der Waals surface area contributed by atoms with Crippen molar-refractivity contribution in [3.8, 4) is 11.4 Å². The van der Waals surface area contributed by atoms with Gasteiger partial charge in [0.05, 0.1) is 12.8 Å². The van der Waals surface area contributed by atoms with Crippen LogP contribution in [0, 0.1) is 13.8 Å². The summed E-state index contributed by atoms with van der Waals surface area (Å²) in [5.41, 5.74) is 2.87.